The van der Waals surface area contributed by atoms with Crippen LogP contribution in [-0.2, 0) is 20.8 Å². The molecule has 3 amide bonds. The van der Waals surface area contributed by atoms with Gasteiger partial charge in [-0.3, -0.25) is 19.4 Å². The van der Waals surface area contributed by atoms with Crippen LogP contribution in [0, 0.1) is 5.92 Å². The number of hydrogen-bond acceptors (Lipinski definition) is 4. The highest BCUT2D eigenvalue weighted by molar-refractivity contribution is 5.91. The molecule has 2 atom stereocenters. The van der Waals surface area contributed by atoms with Crippen molar-refractivity contribution in [3.8, 4) is 11.1 Å². The van der Waals surface area contributed by atoms with E-state index >= 15 is 0 Å². The van der Waals surface area contributed by atoms with Gasteiger partial charge < -0.3 is 15.1 Å². The monoisotopic (exact) mass is 432 g/mol. The van der Waals surface area contributed by atoms with Crippen LogP contribution in [0.3, 0.4) is 0 Å². The van der Waals surface area contributed by atoms with Crippen LogP contribution in [0.25, 0.3) is 11.1 Å². The second-order valence-electron chi connectivity index (χ2n) is 8.36. The van der Waals surface area contributed by atoms with Gasteiger partial charge in [-0.1, -0.05) is 36.4 Å². The second-order valence-corrected chi connectivity index (χ2v) is 8.36. The van der Waals surface area contributed by atoms with Crippen LogP contribution in [0.1, 0.15) is 18.4 Å². The third kappa shape index (κ3) is 4.88. The predicted octanol–water partition coefficient (Wildman–Crippen LogP) is 2.04. The summed E-state index contributed by atoms with van der Waals surface area (Å²) >= 11 is 0. The molecule has 166 valence electrons. The Balaban J connectivity index is 1.55. The van der Waals surface area contributed by atoms with E-state index in [1.807, 2.05) is 36.5 Å². The Morgan fingerprint density at radius 3 is 2.75 bits per heavy atom. The molecule has 1 aromatic carbocycles. The van der Waals surface area contributed by atoms with E-state index in [2.05, 4.69) is 22.9 Å². The van der Waals surface area contributed by atoms with Gasteiger partial charge in [-0.15, -0.1) is 6.58 Å². The van der Waals surface area contributed by atoms with E-state index in [4.69, 9.17) is 0 Å². The van der Waals surface area contributed by atoms with Gasteiger partial charge >= 0.3 is 0 Å². The third-order valence-electron chi connectivity index (χ3n) is 6.10. The zero-order valence-electron chi connectivity index (χ0n) is 18.1. The highest BCUT2D eigenvalue weighted by Gasteiger charge is 2.36. The van der Waals surface area contributed by atoms with Gasteiger partial charge in [0.1, 0.15) is 6.04 Å². The lowest BCUT2D eigenvalue weighted by Gasteiger charge is -2.26. The third-order valence-corrected chi connectivity index (χ3v) is 6.10. The normalized spacial score (nSPS) is 21.2. The molecule has 32 heavy (non-hydrogen) atoms. The van der Waals surface area contributed by atoms with Crippen molar-refractivity contribution in [3.63, 3.8) is 0 Å². The van der Waals surface area contributed by atoms with E-state index in [0.29, 0.717) is 45.4 Å². The molecule has 4 rings (SSSR count). The molecule has 0 spiro atoms. The number of hydrogen-bond donors (Lipinski definition) is 1. The number of rotatable bonds is 6. The Morgan fingerprint density at radius 1 is 1.19 bits per heavy atom. The molecule has 7 nitrogen and oxygen atoms in total. The SMILES string of the molecule is C=CCN1CCN(C(=O)[C@H]2CCC(=O)N2)C[C@@H](Cc2cccc(-c3cccnc3)c2)C1=O. The lowest BCUT2D eigenvalue weighted by molar-refractivity contribution is -0.136. The van der Waals surface area contributed by atoms with Gasteiger partial charge in [-0.25, -0.2) is 0 Å². The molecule has 0 aliphatic carbocycles. The van der Waals surface area contributed by atoms with Crippen LogP contribution in [-0.4, -0.2) is 64.7 Å². The molecule has 0 unspecified atom stereocenters. The number of pyridine rings is 1. The number of benzene rings is 1. The van der Waals surface area contributed by atoms with Crippen LogP contribution in [0.5, 0.6) is 0 Å². The standard InChI is InChI=1S/C25H28N4O3/c1-2-11-28-12-13-29(25(32)22-8-9-23(30)27-22)17-21(24(28)31)15-18-5-3-6-19(14-18)20-7-4-10-26-16-20/h2-7,10,14,16,21-22H,1,8-9,11-13,15,17H2,(H,27,30)/t21-,22-/m1/s1. The molecular formula is C25H28N4O3. The zero-order valence-corrected chi connectivity index (χ0v) is 18.1. The van der Waals surface area contributed by atoms with Gasteiger partial charge in [0.05, 0.1) is 5.92 Å². The topological polar surface area (TPSA) is 82.6 Å². The zero-order chi connectivity index (χ0) is 22.5. The van der Waals surface area contributed by atoms with Crippen LogP contribution < -0.4 is 5.32 Å². The van der Waals surface area contributed by atoms with Gasteiger partial charge in [0.15, 0.2) is 0 Å². The van der Waals surface area contributed by atoms with Crippen LogP contribution in [0.2, 0.25) is 0 Å². The van der Waals surface area contributed by atoms with Gasteiger partial charge in [-0.05, 0) is 35.6 Å². The largest absolute Gasteiger partial charge is 0.344 e. The average Bonchev–Trinajstić information content (AvgIpc) is 3.20. The Kier molecular flexibility index (Phi) is 6.63. The highest BCUT2D eigenvalue weighted by Crippen LogP contribution is 2.23. The van der Waals surface area contributed by atoms with Crippen molar-refractivity contribution in [2.75, 3.05) is 26.2 Å². The van der Waals surface area contributed by atoms with Gasteiger partial charge in [0, 0.05) is 45.0 Å². The van der Waals surface area contributed by atoms with Crippen LogP contribution in [0.4, 0.5) is 0 Å². The van der Waals surface area contributed by atoms with Crippen molar-refractivity contribution in [1.82, 2.24) is 20.1 Å². The van der Waals surface area contributed by atoms with E-state index in [1.54, 1.807) is 22.1 Å². The first-order chi connectivity index (χ1) is 15.5. The van der Waals surface area contributed by atoms with Crippen molar-refractivity contribution in [2.45, 2.75) is 25.3 Å². The van der Waals surface area contributed by atoms with Crippen LogP contribution in [0.15, 0.2) is 61.4 Å². The number of carbonyl (C=O) groups is 3. The molecule has 0 saturated carbocycles. The van der Waals surface area contributed by atoms with Crippen molar-refractivity contribution < 1.29 is 14.4 Å². The quantitative estimate of drug-likeness (QED) is 0.709. The first-order valence-electron chi connectivity index (χ1n) is 11.0. The molecule has 2 fully saturated rings. The number of nitrogens with zero attached hydrogens (tertiary/aromatic N) is 3. The molecule has 2 aliphatic rings. The van der Waals surface area contributed by atoms with Crippen molar-refractivity contribution in [1.29, 1.82) is 0 Å². The minimum atomic E-state index is -0.488. The highest BCUT2D eigenvalue weighted by atomic mass is 16.2. The van der Waals surface area contributed by atoms with Crippen molar-refractivity contribution in [3.05, 3.63) is 67.0 Å². The smallest absolute Gasteiger partial charge is 0.245 e. The second kappa shape index (κ2) is 9.77. The molecule has 0 bridgehead atoms. The maximum Gasteiger partial charge on any atom is 0.245 e. The number of carbonyl (C=O) groups excluding carboxylic acids is 3. The molecule has 2 saturated heterocycles. The lowest BCUT2D eigenvalue weighted by Crippen LogP contribution is -2.46. The fourth-order valence-corrected chi connectivity index (χ4v) is 4.45. The van der Waals surface area contributed by atoms with Crippen molar-refractivity contribution >= 4 is 17.7 Å². The van der Waals surface area contributed by atoms with Gasteiger partial charge in [0.2, 0.25) is 17.7 Å². The summed E-state index contributed by atoms with van der Waals surface area (Å²) in [5.41, 5.74) is 3.09. The molecule has 1 aromatic heterocycles. The Morgan fingerprint density at radius 2 is 2.03 bits per heavy atom. The molecule has 3 heterocycles. The fourth-order valence-electron chi connectivity index (χ4n) is 4.45. The number of aromatic nitrogens is 1. The summed E-state index contributed by atoms with van der Waals surface area (Å²) in [7, 11) is 0. The molecule has 2 aromatic rings. The van der Waals surface area contributed by atoms with E-state index < -0.39 is 6.04 Å². The van der Waals surface area contributed by atoms with E-state index in [-0.39, 0.29) is 23.6 Å². The minimum Gasteiger partial charge on any atom is -0.344 e. The van der Waals surface area contributed by atoms with E-state index in [1.165, 1.54) is 0 Å². The maximum atomic E-state index is 13.3. The van der Waals surface area contributed by atoms with Gasteiger partial charge in [-0.2, -0.15) is 0 Å². The van der Waals surface area contributed by atoms with Crippen LogP contribution >= 0.6 is 0 Å². The lowest BCUT2D eigenvalue weighted by atomic mass is 9.95. The molecule has 0 radical (unpaired) electrons. The number of amides is 3. The summed E-state index contributed by atoms with van der Waals surface area (Å²) in [6, 6.07) is 11.5. The summed E-state index contributed by atoms with van der Waals surface area (Å²) in [5.74, 6) is -0.519. The fraction of sp³-hybridized carbons (Fsp3) is 0.360. The average molecular weight is 433 g/mol. The summed E-state index contributed by atoms with van der Waals surface area (Å²) in [6.07, 6.45) is 6.68. The van der Waals surface area contributed by atoms with E-state index in [0.717, 1.165) is 16.7 Å². The molecule has 1 N–H and O–H groups in total. The first-order valence-corrected chi connectivity index (χ1v) is 11.0. The number of nitrogens with one attached hydrogen (secondary N) is 1. The predicted molar refractivity (Wildman–Crippen MR) is 121 cm³/mol. The maximum absolute atomic E-state index is 13.3. The summed E-state index contributed by atoms with van der Waals surface area (Å²) in [6.45, 7) is 5.48. The van der Waals surface area contributed by atoms with E-state index in [9.17, 15) is 14.4 Å². The summed E-state index contributed by atoms with van der Waals surface area (Å²) < 4.78 is 0. The molecular weight excluding hydrogens is 404 g/mol. The van der Waals surface area contributed by atoms with Crippen molar-refractivity contribution in [2.24, 2.45) is 5.92 Å². The molecule has 2 aliphatic heterocycles. The Labute approximate surface area is 188 Å². The Bertz CT molecular complexity index is 1010. The molecule has 7 heteroatoms. The Hall–Kier alpha value is -3.48. The summed E-state index contributed by atoms with van der Waals surface area (Å²) in [5, 5.41) is 2.76. The minimum absolute atomic E-state index is 0.0300. The first kappa shape index (κ1) is 21.7. The van der Waals surface area contributed by atoms with Gasteiger partial charge in [0.25, 0.3) is 0 Å². The summed E-state index contributed by atoms with van der Waals surface area (Å²) in [4.78, 5) is 45.6.